The highest BCUT2D eigenvalue weighted by Gasteiger charge is 2.23. The van der Waals surface area contributed by atoms with Crippen molar-refractivity contribution in [3.63, 3.8) is 0 Å². The molecule has 228 valence electrons. The van der Waals surface area contributed by atoms with Crippen LogP contribution in [0, 0.1) is 10.8 Å². The Hall–Kier alpha value is -4.58. The van der Waals surface area contributed by atoms with Crippen LogP contribution in [0.5, 0.6) is 0 Å². The van der Waals surface area contributed by atoms with Gasteiger partial charge < -0.3 is 21.3 Å². The molecule has 0 atom stereocenters. The summed E-state index contributed by atoms with van der Waals surface area (Å²) in [6.07, 6.45) is 5.28. The van der Waals surface area contributed by atoms with Gasteiger partial charge in [0, 0.05) is 22.7 Å². The van der Waals surface area contributed by atoms with Crippen LogP contribution in [0.15, 0.2) is 97.1 Å². The van der Waals surface area contributed by atoms with E-state index in [1.807, 2.05) is 24.3 Å². The third kappa shape index (κ3) is 9.21. The Balaban J connectivity index is 0.000000175. The van der Waals surface area contributed by atoms with Gasteiger partial charge in [-0.05, 0) is 120 Å². The van der Waals surface area contributed by atoms with E-state index in [2.05, 4.69) is 122 Å². The second-order valence-electron chi connectivity index (χ2n) is 12.6. The van der Waals surface area contributed by atoms with E-state index >= 15 is 0 Å². The maximum Gasteiger partial charge on any atom is 0.197 e. The van der Waals surface area contributed by atoms with E-state index in [0.29, 0.717) is 17.8 Å². The van der Waals surface area contributed by atoms with Crippen molar-refractivity contribution in [1.29, 1.82) is 10.8 Å². The molecule has 0 saturated heterocycles. The number of rotatable bonds is 8. The van der Waals surface area contributed by atoms with Crippen molar-refractivity contribution in [3.8, 4) is 0 Å². The molecule has 0 radical (unpaired) electrons. The number of hydrogen-bond donors (Lipinski definition) is 6. The normalized spacial score (nSPS) is 14.0. The summed E-state index contributed by atoms with van der Waals surface area (Å²) in [6, 6.07) is 33.3. The Labute approximate surface area is 262 Å². The minimum Gasteiger partial charge on any atom is -0.326 e. The van der Waals surface area contributed by atoms with Crippen molar-refractivity contribution in [2.75, 3.05) is 21.3 Å². The Morgan fingerprint density at radius 1 is 0.455 bits per heavy atom. The van der Waals surface area contributed by atoms with Gasteiger partial charge in [0.05, 0.1) is 0 Å². The minimum absolute atomic E-state index is 0.273. The summed E-state index contributed by atoms with van der Waals surface area (Å²) in [5, 5.41) is 28.4. The third-order valence-corrected chi connectivity index (χ3v) is 8.15. The summed E-state index contributed by atoms with van der Waals surface area (Å²) in [5.74, 6) is 3.17. The maximum atomic E-state index is 8.04. The van der Waals surface area contributed by atoms with Crippen LogP contribution in [0.25, 0.3) is 0 Å². The van der Waals surface area contributed by atoms with Crippen LogP contribution in [-0.4, -0.2) is 11.9 Å². The number of guanidine groups is 2. The molecule has 0 unspecified atom stereocenters. The average Bonchev–Trinajstić information content (AvgIpc) is 3.93. The Bertz CT molecular complexity index is 1290. The SMILES string of the molecule is CC(C)c1ccc(NC(=N)Nc2ccc(C(C)C)cc2)cc1.N=C(Nc1ccc(C2CC2)cc1)Nc1ccc(C2CC2)cc1. The molecular formula is C38H46N6. The zero-order valence-electron chi connectivity index (χ0n) is 26.4. The molecule has 6 N–H and O–H groups in total. The van der Waals surface area contributed by atoms with Gasteiger partial charge in [0.15, 0.2) is 11.9 Å². The van der Waals surface area contributed by atoms with Crippen molar-refractivity contribution in [3.05, 3.63) is 119 Å². The molecule has 4 aromatic carbocycles. The summed E-state index contributed by atoms with van der Waals surface area (Å²) in [6.45, 7) is 8.69. The van der Waals surface area contributed by atoms with E-state index in [1.54, 1.807) is 0 Å². The molecule has 2 aliphatic rings. The second kappa shape index (κ2) is 14.3. The van der Waals surface area contributed by atoms with Gasteiger partial charge in [0.1, 0.15) is 0 Å². The molecule has 0 aromatic heterocycles. The molecule has 4 aromatic rings. The monoisotopic (exact) mass is 586 g/mol. The van der Waals surface area contributed by atoms with Gasteiger partial charge in [-0.25, -0.2) is 0 Å². The van der Waals surface area contributed by atoms with Crippen LogP contribution in [-0.2, 0) is 0 Å². The first kappa shape index (κ1) is 30.9. The van der Waals surface area contributed by atoms with Crippen LogP contribution in [0.4, 0.5) is 22.7 Å². The minimum atomic E-state index is 0.273. The van der Waals surface area contributed by atoms with Gasteiger partial charge in [-0.15, -0.1) is 0 Å². The summed E-state index contributed by atoms with van der Waals surface area (Å²) >= 11 is 0. The largest absolute Gasteiger partial charge is 0.326 e. The lowest BCUT2D eigenvalue weighted by Gasteiger charge is -2.12. The van der Waals surface area contributed by atoms with Crippen molar-refractivity contribution in [1.82, 2.24) is 0 Å². The van der Waals surface area contributed by atoms with Crippen LogP contribution in [0.3, 0.4) is 0 Å². The number of anilines is 4. The third-order valence-electron chi connectivity index (χ3n) is 8.15. The van der Waals surface area contributed by atoms with Crippen molar-refractivity contribution in [2.45, 2.75) is 77.0 Å². The smallest absolute Gasteiger partial charge is 0.197 e. The van der Waals surface area contributed by atoms with E-state index < -0.39 is 0 Å². The number of benzene rings is 4. The fourth-order valence-corrected chi connectivity index (χ4v) is 5.05. The maximum absolute atomic E-state index is 8.04. The fraction of sp³-hybridized carbons (Fsp3) is 0.316. The molecule has 2 fully saturated rings. The summed E-state index contributed by atoms with van der Waals surface area (Å²) in [4.78, 5) is 0. The van der Waals surface area contributed by atoms with Crippen LogP contribution in [0.1, 0.15) is 99.3 Å². The highest BCUT2D eigenvalue weighted by molar-refractivity contribution is 6.02. The molecule has 2 aliphatic carbocycles. The Morgan fingerprint density at radius 2 is 0.705 bits per heavy atom. The highest BCUT2D eigenvalue weighted by atomic mass is 15.1. The van der Waals surface area contributed by atoms with Gasteiger partial charge >= 0.3 is 0 Å². The van der Waals surface area contributed by atoms with Crippen molar-refractivity contribution >= 4 is 34.7 Å². The van der Waals surface area contributed by atoms with Crippen LogP contribution < -0.4 is 21.3 Å². The summed E-state index contributed by atoms with van der Waals surface area (Å²) in [5.41, 5.74) is 9.18. The van der Waals surface area contributed by atoms with E-state index in [-0.39, 0.29) is 5.96 Å². The first-order valence-electron chi connectivity index (χ1n) is 15.9. The highest BCUT2D eigenvalue weighted by Crippen LogP contribution is 2.41. The van der Waals surface area contributed by atoms with Gasteiger partial charge in [-0.2, -0.15) is 0 Å². The van der Waals surface area contributed by atoms with Gasteiger partial charge in [-0.3, -0.25) is 10.8 Å². The second-order valence-corrected chi connectivity index (χ2v) is 12.6. The quantitative estimate of drug-likeness (QED) is 0.0914. The molecule has 0 amide bonds. The molecule has 0 bridgehead atoms. The average molecular weight is 587 g/mol. The Morgan fingerprint density at radius 3 is 0.932 bits per heavy atom. The molecule has 0 heterocycles. The van der Waals surface area contributed by atoms with E-state index in [4.69, 9.17) is 10.8 Å². The lowest BCUT2D eigenvalue weighted by atomic mass is 10.0. The number of hydrogen-bond acceptors (Lipinski definition) is 2. The molecule has 2 saturated carbocycles. The van der Waals surface area contributed by atoms with Crippen LogP contribution in [0.2, 0.25) is 0 Å². The molecule has 6 heteroatoms. The standard InChI is InChI=1S/C19H21N3.C19H25N3/c20-19(21-17-9-5-15(6-10-17)13-1-2-13)22-18-11-7-16(8-12-18)14-3-4-14;1-13(2)15-5-9-17(10-6-15)21-19(20)22-18-11-7-16(8-12-18)14(3)4/h5-14H,1-4H2,(H3,20,21,22);5-14H,1-4H3,(H3,20,21,22). The molecular weight excluding hydrogens is 540 g/mol. The predicted octanol–water partition coefficient (Wildman–Crippen LogP) is 10.3. The molecule has 6 nitrogen and oxygen atoms in total. The summed E-state index contributed by atoms with van der Waals surface area (Å²) < 4.78 is 0. The predicted molar refractivity (Wildman–Crippen MR) is 188 cm³/mol. The van der Waals surface area contributed by atoms with E-state index in [0.717, 1.165) is 34.6 Å². The fourth-order valence-electron chi connectivity index (χ4n) is 5.05. The zero-order chi connectivity index (χ0) is 31.1. The summed E-state index contributed by atoms with van der Waals surface area (Å²) in [7, 11) is 0. The first-order chi connectivity index (χ1) is 21.2. The van der Waals surface area contributed by atoms with Gasteiger partial charge in [0.25, 0.3) is 0 Å². The number of nitrogens with one attached hydrogen (secondary N) is 6. The van der Waals surface area contributed by atoms with Gasteiger partial charge in [-0.1, -0.05) is 76.2 Å². The van der Waals surface area contributed by atoms with E-state index in [1.165, 1.54) is 47.9 Å². The zero-order valence-corrected chi connectivity index (χ0v) is 26.4. The van der Waals surface area contributed by atoms with E-state index in [9.17, 15) is 0 Å². The van der Waals surface area contributed by atoms with Gasteiger partial charge in [0.2, 0.25) is 0 Å². The van der Waals surface area contributed by atoms with Crippen LogP contribution >= 0.6 is 0 Å². The topological polar surface area (TPSA) is 95.8 Å². The molecule has 6 rings (SSSR count). The first-order valence-corrected chi connectivity index (χ1v) is 15.9. The lowest BCUT2D eigenvalue weighted by Crippen LogP contribution is -2.20. The lowest BCUT2D eigenvalue weighted by molar-refractivity contribution is 0.867. The molecule has 0 aliphatic heterocycles. The molecule has 0 spiro atoms. The molecule has 44 heavy (non-hydrogen) atoms. The Kier molecular flexibility index (Phi) is 10.0. The van der Waals surface area contributed by atoms with Crippen molar-refractivity contribution in [2.24, 2.45) is 0 Å². The van der Waals surface area contributed by atoms with Crippen molar-refractivity contribution < 1.29 is 0 Å².